The van der Waals surface area contributed by atoms with Crippen LogP contribution in [0, 0.1) is 17.8 Å². The van der Waals surface area contributed by atoms with Crippen molar-refractivity contribution in [3.8, 4) is 11.5 Å². The standard InChI is InChI=1S/C27H32N2O3S/c1-18(30)28-25(26(31)29-27-14-19-11-20(15-27)13-21(12-19)16-27)17-33-24-9-7-23(8-10-24)32-22-5-3-2-4-6-22/h2-10,19-21,25H,11-17H2,1H3,(H,28,30)(H,29,31). The number of hydrogen-bond donors (Lipinski definition) is 2. The van der Waals surface area contributed by atoms with Crippen LogP contribution >= 0.6 is 11.8 Å². The van der Waals surface area contributed by atoms with Crippen molar-refractivity contribution in [2.45, 2.75) is 61.9 Å². The van der Waals surface area contributed by atoms with Crippen LogP contribution in [0.25, 0.3) is 0 Å². The van der Waals surface area contributed by atoms with Gasteiger partial charge in [-0.05, 0) is 92.7 Å². The summed E-state index contributed by atoms with van der Waals surface area (Å²) in [4.78, 5) is 26.2. The second kappa shape index (κ2) is 9.41. The highest BCUT2D eigenvalue weighted by Gasteiger charge is 2.51. The number of carbonyl (C=O) groups excluding carboxylic acids is 2. The Balaban J connectivity index is 1.19. The zero-order valence-electron chi connectivity index (χ0n) is 19.1. The second-order valence-electron chi connectivity index (χ2n) is 10.1. The monoisotopic (exact) mass is 464 g/mol. The molecule has 1 unspecified atom stereocenters. The Morgan fingerprint density at radius 3 is 2.09 bits per heavy atom. The Morgan fingerprint density at radius 1 is 0.939 bits per heavy atom. The predicted octanol–water partition coefficient (Wildman–Crippen LogP) is 5.16. The maximum absolute atomic E-state index is 13.3. The molecule has 4 saturated carbocycles. The molecule has 0 heterocycles. The molecule has 33 heavy (non-hydrogen) atoms. The van der Waals surface area contributed by atoms with Crippen LogP contribution < -0.4 is 15.4 Å². The average Bonchev–Trinajstić information content (AvgIpc) is 2.77. The number of nitrogens with one attached hydrogen (secondary N) is 2. The van der Waals surface area contributed by atoms with Gasteiger partial charge >= 0.3 is 0 Å². The fourth-order valence-electron chi connectivity index (χ4n) is 6.45. The molecule has 1 atom stereocenters. The molecular formula is C27H32N2O3S. The van der Waals surface area contributed by atoms with E-state index in [1.807, 2.05) is 54.6 Å². The van der Waals surface area contributed by atoms with Crippen LogP contribution in [-0.4, -0.2) is 29.1 Å². The van der Waals surface area contributed by atoms with E-state index in [0.29, 0.717) is 5.75 Å². The van der Waals surface area contributed by atoms with Crippen molar-refractivity contribution in [3.63, 3.8) is 0 Å². The minimum absolute atomic E-state index is 0.0383. The lowest BCUT2D eigenvalue weighted by molar-refractivity contribution is -0.131. The van der Waals surface area contributed by atoms with Gasteiger partial charge in [0.25, 0.3) is 0 Å². The highest BCUT2D eigenvalue weighted by atomic mass is 32.2. The summed E-state index contributed by atoms with van der Waals surface area (Å²) < 4.78 is 5.85. The Morgan fingerprint density at radius 2 is 1.52 bits per heavy atom. The molecule has 0 saturated heterocycles. The number of rotatable bonds is 8. The highest BCUT2D eigenvalue weighted by Crippen LogP contribution is 2.55. The van der Waals surface area contributed by atoms with Crippen molar-refractivity contribution in [2.75, 3.05) is 5.75 Å². The fraction of sp³-hybridized carbons (Fsp3) is 0.481. The highest BCUT2D eigenvalue weighted by molar-refractivity contribution is 7.99. The molecule has 0 aromatic heterocycles. The van der Waals surface area contributed by atoms with Crippen LogP contribution in [0.5, 0.6) is 11.5 Å². The second-order valence-corrected chi connectivity index (χ2v) is 11.2. The minimum Gasteiger partial charge on any atom is -0.457 e. The van der Waals surface area contributed by atoms with Gasteiger partial charge in [-0.25, -0.2) is 0 Å². The normalized spacial score (nSPS) is 28.2. The summed E-state index contributed by atoms with van der Waals surface area (Å²) in [5.74, 6) is 4.15. The zero-order chi connectivity index (χ0) is 22.8. The number of ether oxygens (including phenoxy) is 1. The molecule has 174 valence electrons. The zero-order valence-corrected chi connectivity index (χ0v) is 19.9. The van der Waals surface area contributed by atoms with E-state index >= 15 is 0 Å². The van der Waals surface area contributed by atoms with Crippen LogP contribution in [0.1, 0.15) is 45.4 Å². The molecule has 2 aromatic rings. The summed E-state index contributed by atoms with van der Waals surface area (Å²) in [5, 5.41) is 6.30. The smallest absolute Gasteiger partial charge is 0.243 e. The molecule has 2 N–H and O–H groups in total. The van der Waals surface area contributed by atoms with E-state index in [2.05, 4.69) is 10.6 Å². The number of amides is 2. The summed E-state index contributed by atoms with van der Waals surface area (Å²) in [7, 11) is 0. The molecule has 0 aliphatic heterocycles. The molecule has 2 amide bonds. The summed E-state index contributed by atoms with van der Waals surface area (Å²) in [6.45, 7) is 1.48. The van der Waals surface area contributed by atoms with Crippen molar-refractivity contribution in [3.05, 3.63) is 54.6 Å². The van der Waals surface area contributed by atoms with Crippen molar-refractivity contribution in [1.29, 1.82) is 0 Å². The van der Waals surface area contributed by atoms with Crippen molar-refractivity contribution in [2.24, 2.45) is 17.8 Å². The largest absolute Gasteiger partial charge is 0.457 e. The molecule has 4 bridgehead atoms. The minimum atomic E-state index is -0.541. The molecule has 6 rings (SSSR count). The molecule has 6 heteroatoms. The Bertz CT molecular complexity index is 957. The van der Waals surface area contributed by atoms with E-state index in [0.717, 1.165) is 53.4 Å². The SMILES string of the molecule is CC(=O)NC(CSc1ccc(Oc2ccccc2)cc1)C(=O)NC12CC3CC(CC(C3)C1)C2. The van der Waals surface area contributed by atoms with E-state index < -0.39 is 6.04 Å². The van der Waals surface area contributed by atoms with Crippen LogP contribution in [-0.2, 0) is 9.59 Å². The maximum atomic E-state index is 13.3. The molecule has 4 aliphatic rings. The van der Waals surface area contributed by atoms with Gasteiger partial charge in [-0.3, -0.25) is 9.59 Å². The van der Waals surface area contributed by atoms with Gasteiger partial charge in [0.05, 0.1) is 0 Å². The van der Waals surface area contributed by atoms with Crippen molar-refractivity contribution >= 4 is 23.6 Å². The van der Waals surface area contributed by atoms with Crippen LogP contribution in [0.15, 0.2) is 59.5 Å². The number of thioether (sulfide) groups is 1. The van der Waals surface area contributed by atoms with Crippen molar-refractivity contribution < 1.29 is 14.3 Å². The first-order valence-electron chi connectivity index (χ1n) is 12.0. The van der Waals surface area contributed by atoms with Gasteiger partial charge in [-0.2, -0.15) is 0 Å². The Kier molecular flexibility index (Phi) is 6.37. The van der Waals surface area contributed by atoms with Gasteiger partial charge in [0.2, 0.25) is 11.8 Å². The molecule has 2 aromatic carbocycles. The van der Waals surface area contributed by atoms with Gasteiger partial charge in [0.15, 0.2) is 0 Å². The van der Waals surface area contributed by atoms with Gasteiger partial charge in [0, 0.05) is 23.1 Å². The van der Waals surface area contributed by atoms with Gasteiger partial charge in [-0.1, -0.05) is 18.2 Å². The van der Waals surface area contributed by atoms with Crippen LogP contribution in [0.3, 0.4) is 0 Å². The third kappa shape index (κ3) is 5.37. The van der Waals surface area contributed by atoms with Gasteiger partial charge in [0.1, 0.15) is 17.5 Å². The Labute approximate surface area is 200 Å². The van der Waals surface area contributed by atoms with E-state index in [-0.39, 0.29) is 17.4 Å². The van der Waals surface area contributed by atoms with Crippen molar-refractivity contribution in [1.82, 2.24) is 10.6 Å². The average molecular weight is 465 g/mol. The maximum Gasteiger partial charge on any atom is 0.243 e. The molecule has 0 spiro atoms. The topological polar surface area (TPSA) is 67.4 Å². The number of benzene rings is 2. The number of para-hydroxylation sites is 1. The first-order chi connectivity index (χ1) is 16.0. The lowest BCUT2D eigenvalue weighted by Crippen LogP contribution is -2.63. The summed E-state index contributed by atoms with van der Waals surface area (Å²) in [6.07, 6.45) is 7.33. The third-order valence-corrected chi connectivity index (χ3v) is 8.45. The van der Waals surface area contributed by atoms with E-state index in [1.165, 1.54) is 26.2 Å². The molecular weight excluding hydrogens is 432 g/mol. The first kappa shape index (κ1) is 22.3. The number of hydrogen-bond acceptors (Lipinski definition) is 4. The third-order valence-electron chi connectivity index (χ3n) is 7.34. The molecule has 4 aliphatic carbocycles. The van der Waals surface area contributed by atoms with Crippen LogP contribution in [0.2, 0.25) is 0 Å². The van der Waals surface area contributed by atoms with E-state index in [9.17, 15) is 9.59 Å². The summed E-state index contributed by atoms with van der Waals surface area (Å²) in [5.41, 5.74) is -0.0519. The molecule has 5 nitrogen and oxygen atoms in total. The number of carbonyl (C=O) groups is 2. The summed E-state index contributed by atoms with van der Waals surface area (Å²) in [6, 6.07) is 17.0. The lowest BCUT2D eigenvalue weighted by atomic mass is 9.53. The summed E-state index contributed by atoms with van der Waals surface area (Å²) >= 11 is 1.58. The van der Waals surface area contributed by atoms with Gasteiger partial charge < -0.3 is 15.4 Å². The van der Waals surface area contributed by atoms with Crippen LogP contribution in [0.4, 0.5) is 0 Å². The lowest BCUT2D eigenvalue weighted by Gasteiger charge is -2.57. The van der Waals surface area contributed by atoms with E-state index in [1.54, 1.807) is 11.8 Å². The predicted molar refractivity (Wildman–Crippen MR) is 130 cm³/mol. The quantitative estimate of drug-likeness (QED) is 0.530. The molecule has 4 fully saturated rings. The molecule has 0 radical (unpaired) electrons. The first-order valence-corrected chi connectivity index (χ1v) is 13.0. The van der Waals surface area contributed by atoms with E-state index in [4.69, 9.17) is 4.74 Å². The fourth-order valence-corrected chi connectivity index (χ4v) is 7.37. The van der Waals surface area contributed by atoms with Gasteiger partial charge in [-0.15, -0.1) is 11.8 Å². The Hall–Kier alpha value is -2.47.